The van der Waals surface area contributed by atoms with Gasteiger partial charge in [0, 0.05) is 17.8 Å². The van der Waals surface area contributed by atoms with Gasteiger partial charge in [-0.1, -0.05) is 11.3 Å². The maximum Gasteiger partial charge on any atom is 0.248 e. The summed E-state index contributed by atoms with van der Waals surface area (Å²) in [4.78, 5) is 13.7. The molecular weight excluding hydrogens is 224 g/mol. The Kier molecular flexibility index (Phi) is 3.12. The lowest BCUT2D eigenvalue weighted by Crippen LogP contribution is -2.11. The summed E-state index contributed by atoms with van der Waals surface area (Å²) in [7, 11) is 1.87. The SMILES string of the molecule is CNC(C)c1nnc(-c2cc[nH]c(=O)c2)s1. The van der Waals surface area contributed by atoms with Crippen LogP contribution in [0, 0.1) is 0 Å². The minimum atomic E-state index is -0.129. The fraction of sp³-hybridized carbons (Fsp3) is 0.300. The second-order valence-corrected chi connectivity index (χ2v) is 4.41. The predicted molar refractivity (Wildman–Crippen MR) is 63.4 cm³/mol. The van der Waals surface area contributed by atoms with Crippen molar-refractivity contribution in [2.24, 2.45) is 0 Å². The minimum absolute atomic E-state index is 0.129. The molecule has 1 atom stereocenters. The molecule has 16 heavy (non-hydrogen) atoms. The third-order valence-electron chi connectivity index (χ3n) is 2.27. The van der Waals surface area contributed by atoms with Gasteiger partial charge in [-0.2, -0.15) is 0 Å². The molecule has 0 radical (unpaired) electrons. The van der Waals surface area contributed by atoms with Gasteiger partial charge in [0.1, 0.15) is 10.0 Å². The Balaban J connectivity index is 2.35. The summed E-state index contributed by atoms with van der Waals surface area (Å²) >= 11 is 1.49. The van der Waals surface area contributed by atoms with Crippen LogP contribution in [0.3, 0.4) is 0 Å². The highest BCUT2D eigenvalue weighted by molar-refractivity contribution is 7.14. The Morgan fingerprint density at radius 1 is 1.50 bits per heavy atom. The van der Waals surface area contributed by atoms with E-state index in [1.54, 1.807) is 6.20 Å². The molecule has 0 bridgehead atoms. The number of hydrogen-bond acceptors (Lipinski definition) is 5. The summed E-state index contributed by atoms with van der Waals surface area (Å²) < 4.78 is 0. The molecule has 2 aromatic rings. The molecule has 0 aromatic carbocycles. The first-order valence-electron chi connectivity index (χ1n) is 4.90. The molecule has 2 aromatic heterocycles. The van der Waals surface area contributed by atoms with Gasteiger partial charge < -0.3 is 10.3 Å². The summed E-state index contributed by atoms with van der Waals surface area (Å²) in [6, 6.07) is 3.51. The van der Waals surface area contributed by atoms with Crippen LogP contribution in [-0.2, 0) is 0 Å². The zero-order valence-electron chi connectivity index (χ0n) is 9.02. The van der Waals surface area contributed by atoms with Crippen molar-refractivity contribution in [2.75, 3.05) is 7.05 Å². The highest BCUT2D eigenvalue weighted by Gasteiger charge is 2.11. The van der Waals surface area contributed by atoms with E-state index < -0.39 is 0 Å². The molecule has 2 N–H and O–H groups in total. The lowest BCUT2D eigenvalue weighted by atomic mass is 10.3. The summed E-state index contributed by atoms with van der Waals surface area (Å²) in [6.07, 6.45) is 1.61. The fourth-order valence-corrected chi connectivity index (χ4v) is 2.13. The van der Waals surface area contributed by atoms with E-state index in [1.807, 2.05) is 20.0 Å². The predicted octanol–water partition coefficient (Wildman–Crippen LogP) is 1.17. The van der Waals surface area contributed by atoms with Crippen molar-refractivity contribution in [1.82, 2.24) is 20.5 Å². The Hall–Kier alpha value is -1.53. The van der Waals surface area contributed by atoms with Crippen LogP contribution in [0.1, 0.15) is 18.0 Å². The maximum atomic E-state index is 11.1. The Morgan fingerprint density at radius 3 is 3.00 bits per heavy atom. The van der Waals surface area contributed by atoms with Gasteiger partial charge in [0.2, 0.25) is 5.56 Å². The topological polar surface area (TPSA) is 70.7 Å². The molecule has 0 fully saturated rings. The van der Waals surface area contributed by atoms with E-state index in [0.29, 0.717) is 0 Å². The van der Waals surface area contributed by atoms with Crippen molar-refractivity contribution >= 4 is 11.3 Å². The molecule has 0 spiro atoms. The van der Waals surface area contributed by atoms with Crippen LogP contribution in [0.2, 0.25) is 0 Å². The van der Waals surface area contributed by atoms with Gasteiger partial charge in [-0.05, 0) is 20.0 Å². The van der Waals surface area contributed by atoms with Crippen LogP contribution < -0.4 is 10.9 Å². The summed E-state index contributed by atoms with van der Waals surface area (Å²) in [6.45, 7) is 2.02. The van der Waals surface area contributed by atoms with Gasteiger partial charge in [0.05, 0.1) is 6.04 Å². The van der Waals surface area contributed by atoms with Crippen LogP contribution in [0.25, 0.3) is 10.6 Å². The van der Waals surface area contributed by atoms with Crippen molar-refractivity contribution in [3.63, 3.8) is 0 Å². The van der Waals surface area contributed by atoms with Crippen LogP contribution in [0.4, 0.5) is 0 Å². The minimum Gasteiger partial charge on any atom is -0.329 e. The van der Waals surface area contributed by atoms with Gasteiger partial charge in [0.25, 0.3) is 0 Å². The number of nitrogens with zero attached hydrogens (tertiary/aromatic N) is 2. The molecular formula is C10H12N4OS. The molecule has 1 unspecified atom stereocenters. The third-order valence-corrected chi connectivity index (χ3v) is 3.42. The van der Waals surface area contributed by atoms with Crippen molar-refractivity contribution in [2.45, 2.75) is 13.0 Å². The molecule has 84 valence electrons. The first kappa shape index (κ1) is 11.0. The monoisotopic (exact) mass is 236 g/mol. The molecule has 0 aliphatic heterocycles. The van der Waals surface area contributed by atoms with Gasteiger partial charge in [-0.25, -0.2) is 0 Å². The highest BCUT2D eigenvalue weighted by Crippen LogP contribution is 2.25. The average molecular weight is 236 g/mol. The standard InChI is InChI=1S/C10H12N4OS/c1-6(11-2)9-13-14-10(16-9)7-3-4-12-8(15)5-7/h3-6,11H,1-2H3,(H,12,15). The van der Waals surface area contributed by atoms with Crippen molar-refractivity contribution < 1.29 is 0 Å². The van der Waals surface area contributed by atoms with E-state index in [2.05, 4.69) is 20.5 Å². The summed E-state index contributed by atoms with van der Waals surface area (Å²) in [5.41, 5.74) is 0.673. The van der Waals surface area contributed by atoms with Gasteiger partial charge in [-0.3, -0.25) is 4.79 Å². The number of rotatable bonds is 3. The molecule has 0 aliphatic rings. The van der Waals surface area contributed by atoms with Crippen molar-refractivity contribution in [3.8, 4) is 10.6 Å². The van der Waals surface area contributed by atoms with Gasteiger partial charge in [-0.15, -0.1) is 10.2 Å². The molecule has 0 amide bonds. The zero-order valence-corrected chi connectivity index (χ0v) is 9.84. The first-order valence-corrected chi connectivity index (χ1v) is 5.72. The van der Waals surface area contributed by atoms with E-state index in [1.165, 1.54) is 17.4 Å². The third kappa shape index (κ3) is 2.17. The lowest BCUT2D eigenvalue weighted by Gasteiger charge is -2.02. The summed E-state index contributed by atoms with van der Waals surface area (Å²) in [5, 5.41) is 12.9. The lowest BCUT2D eigenvalue weighted by molar-refractivity contribution is 0.640. The number of aromatic nitrogens is 3. The second kappa shape index (κ2) is 4.54. The zero-order chi connectivity index (χ0) is 11.5. The first-order chi connectivity index (χ1) is 7.70. The number of H-pyrrole nitrogens is 1. The molecule has 2 heterocycles. The van der Waals surface area contributed by atoms with Crippen LogP contribution in [0.5, 0.6) is 0 Å². The summed E-state index contributed by atoms with van der Waals surface area (Å²) in [5.74, 6) is 0. The second-order valence-electron chi connectivity index (χ2n) is 3.40. The quantitative estimate of drug-likeness (QED) is 0.839. The number of pyridine rings is 1. The van der Waals surface area contributed by atoms with E-state index in [-0.39, 0.29) is 11.6 Å². The van der Waals surface area contributed by atoms with Crippen molar-refractivity contribution in [1.29, 1.82) is 0 Å². The molecule has 6 heteroatoms. The van der Waals surface area contributed by atoms with Crippen LogP contribution >= 0.6 is 11.3 Å². The van der Waals surface area contributed by atoms with Crippen molar-refractivity contribution in [3.05, 3.63) is 33.7 Å². The van der Waals surface area contributed by atoms with Crippen LogP contribution in [-0.4, -0.2) is 22.2 Å². The van der Waals surface area contributed by atoms with E-state index in [9.17, 15) is 4.79 Å². The molecule has 2 rings (SSSR count). The Morgan fingerprint density at radius 2 is 2.31 bits per heavy atom. The van der Waals surface area contributed by atoms with Gasteiger partial charge >= 0.3 is 0 Å². The number of aromatic amines is 1. The fourth-order valence-electron chi connectivity index (χ4n) is 1.23. The van der Waals surface area contributed by atoms with Gasteiger partial charge in [0.15, 0.2) is 0 Å². The smallest absolute Gasteiger partial charge is 0.248 e. The number of hydrogen-bond donors (Lipinski definition) is 2. The Labute approximate surface area is 96.6 Å². The van der Waals surface area contributed by atoms with E-state index >= 15 is 0 Å². The normalized spacial score (nSPS) is 12.6. The molecule has 0 aliphatic carbocycles. The Bertz CT molecular complexity index is 533. The largest absolute Gasteiger partial charge is 0.329 e. The van der Waals surface area contributed by atoms with E-state index in [0.717, 1.165) is 15.6 Å². The van der Waals surface area contributed by atoms with Crippen LogP contribution in [0.15, 0.2) is 23.1 Å². The van der Waals surface area contributed by atoms with E-state index in [4.69, 9.17) is 0 Å². The molecule has 0 saturated carbocycles. The number of nitrogens with one attached hydrogen (secondary N) is 2. The average Bonchev–Trinajstić information content (AvgIpc) is 2.77. The maximum absolute atomic E-state index is 11.1. The highest BCUT2D eigenvalue weighted by atomic mass is 32.1. The molecule has 0 saturated heterocycles. The molecule has 5 nitrogen and oxygen atoms in total.